The number of aliphatic hydroxyl groups is 1. The number of amides is 1. The van der Waals surface area contributed by atoms with Gasteiger partial charge in [0.15, 0.2) is 11.5 Å². The van der Waals surface area contributed by atoms with Gasteiger partial charge < -0.3 is 35.1 Å². The molecule has 37 heavy (non-hydrogen) atoms. The quantitative estimate of drug-likeness (QED) is 0.212. The molecule has 216 valence electrons. The van der Waals surface area contributed by atoms with Crippen molar-refractivity contribution in [3.8, 4) is 11.5 Å². The van der Waals surface area contributed by atoms with Crippen LogP contribution >= 0.6 is 12.4 Å². The molecule has 0 aliphatic heterocycles. The van der Waals surface area contributed by atoms with Crippen LogP contribution in [0.1, 0.15) is 58.9 Å². The van der Waals surface area contributed by atoms with Crippen LogP contribution in [0, 0.1) is 17.8 Å². The molecule has 0 bridgehead atoms. The lowest BCUT2D eigenvalue weighted by Gasteiger charge is -2.28. The molecule has 0 spiro atoms. The number of carbonyl (C=O) groups excluding carboxylic acids is 1. The fourth-order valence-electron chi connectivity index (χ4n) is 4.02. The largest absolute Gasteiger partial charge is 0.493 e. The van der Waals surface area contributed by atoms with Gasteiger partial charge in [-0.1, -0.05) is 40.2 Å². The van der Waals surface area contributed by atoms with Gasteiger partial charge in [-0.25, -0.2) is 0 Å². The summed E-state index contributed by atoms with van der Waals surface area (Å²) in [6, 6.07) is 5.57. The highest BCUT2D eigenvalue weighted by atomic mass is 35.5. The Balaban J connectivity index is 0.0000130. The lowest BCUT2D eigenvalue weighted by molar-refractivity contribution is -0.125. The number of halogens is 1. The maximum atomic E-state index is 12.3. The molecule has 8 nitrogen and oxygen atoms in total. The zero-order valence-corrected chi connectivity index (χ0v) is 24.5. The summed E-state index contributed by atoms with van der Waals surface area (Å²) < 4.78 is 21.8. The van der Waals surface area contributed by atoms with Crippen molar-refractivity contribution in [2.45, 2.75) is 71.9 Å². The van der Waals surface area contributed by atoms with Crippen LogP contribution in [0.2, 0.25) is 0 Å². The Hall–Kier alpha value is -1.58. The summed E-state index contributed by atoms with van der Waals surface area (Å²) in [4.78, 5) is 12.3. The number of methoxy groups -OCH3 is 2. The topological polar surface area (TPSA) is 112 Å². The summed E-state index contributed by atoms with van der Waals surface area (Å²) in [7, 11) is 3.27. The molecule has 9 heteroatoms. The second kappa shape index (κ2) is 20.4. The molecule has 1 aromatic carbocycles. The van der Waals surface area contributed by atoms with Crippen LogP contribution in [0.4, 0.5) is 0 Å². The first-order chi connectivity index (χ1) is 17.2. The highest BCUT2D eigenvalue weighted by Gasteiger charge is 2.26. The van der Waals surface area contributed by atoms with E-state index in [4.69, 9.17) is 24.7 Å². The molecule has 4 N–H and O–H groups in total. The van der Waals surface area contributed by atoms with Crippen molar-refractivity contribution >= 4 is 18.3 Å². The fraction of sp³-hybridized carbons (Fsp3) is 0.750. The summed E-state index contributed by atoms with van der Waals surface area (Å²) in [5, 5.41) is 13.7. The summed E-state index contributed by atoms with van der Waals surface area (Å²) >= 11 is 0. The highest BCUT2D eigenvalue weighted by molar-refractivity contribution is 5.85. The monoisotopic (exact) mass is 546 g/mol. The lowest BCUT2D eigenvalue weighted by Crippen LogP contribution is -2.41. The van der Waals surface area contributed by atoms with Gasteiger partial charge in [0, 0.05) is 25.6 Å². The van der Waals surface area contributed by atoms with Gasteiger partial charge in [-0.15, -0.1) is 12.4 Å². The first-order valence-electron chi connectivity index (χ1n) is 13.3. The number of nitrogens with two attached hydrogens (primary N) is 1. The SMILES string of the molecule is CCCCNC(=O)[C@H](C)C[C@H](O)[C@@H](N)C[C@H](Cc1ccc(OC)c(OCCOCCOC)c1)C(C)C.Cl. The predicted molar refractivity (Wildman–Crippen MR) is 151 cm³/mol. The number of nitrogens with one attached hydrogen (secondary N) is 1. The standard InChI is InChI=1S/C28H50N2O6.ClH/c1-7-8-11-30-28(32)21(4)16-25(31)24(29)19-23(20(2)3)17-22-9-10-26(34-6)27(18-22)36-15-14-35-13-12-33-5;/h9-10,18,20-21,23-25,31H,7-8,11-17,19,29H2,1-6H3,(H,30,32);1H/t21-,23+,24+,25+;/m1./s1. The predicted octanol–water partition coefficient (Wildman–Crippen LogP) is 3.99. The van der Waals surface area contributed by atoms with Crippen LogP contribution in [0.5, 0.6) is 11.5 Å². The highest BCUT2D eigenvalue weighted by Crippen LogP contribution is 2.31. The van der Waals surface area contributed by atoms with Gasteiger partial charge in [-0.05, 0) is 55.2 Å². The van der Waals surface area contributed by atoms with E-state index in [1.807, 2.05) is 25.1 Å². The maximum Gasteiger partial charge on any atom is 0.222 e. The van der Waals surface area contributed by atoms with E-state index in [1.54, 1.807) is 14.2 Å². The van der Waals surface area contributed by atoms with Gasteiger partial charge in [0.2, 0.25) is 5.91 Å². The van der Waals surface area contributed by atoms with E-state index in [0.29, 0.717) is 63.2 Å². The Morgan fingerprint density at radius 3 is 2.38 bits per heavy atom. The molecule has 0 fully saturated rings. The number of benzene rings is 1. The second-order valence-corrected chi connectivity index (χ2v) is 9.90. The van der Waals surface area contributed by atoms with Gasteiger partial charge in [-0.3, -0.25) is 4.79 Å². The van der Waals surface area contributed by atoms with E-state index in [9.17, 15) is 9.90 Å². The third-order valence-electron chi connectivity index (χ3n) is 6.53. The molecule has 0 radical (unpaired) electrons. The Bertz CT molecular complexity index is 737. The van der Waals surface area contributed by atoms with Crippen molar-refractivity contribution < 1.29 is 28.8 Å². The molecule has 1 amide bonds. The fourth-order valence-corrected chi connectivity index (χ4v) is 4.02. The Kier molecular flexibility index (Phi) is 19.5. The minimum absolute atomic E-state index is 0. The number of carbonyl (C=O) groups is 1. The van der Waals surface area contributed by atoms with E-state index in [0.717, 1.165) is 24.8 Å². The first kappa shape index (κ1) is 35.4. The summed E-state index contributed by atoms with van der Waals surface area (Å²) in [6.45, 7) is 10.9. The van der Waals surface area contributed by atoms with E-state index < -0.39 is 12.1 Å². The number of rotatable bonds is 20. The van der Waals surface area contributed by atoms with Crippen molar-refractivity contribution in [2.24, 2.45) is 23.5 Å². The van der Waals surface area contributed by atoms with Gasteiger partial charge in [0.25, 0.3) is 0 Å². The van der Waals surface area contributed by atoms with Crippen molar-refractivity contribution in [3.63, 3.8) is 0 Å². The number of hydrogen-bond donors (Lipinski definition) is 3. The van der Waals surface area contributed by atoms with Crippen LogP contribution in [-0.2, 0) is 20.7 Å². The van der Waals surface area contributed by atoms with Crippen molar-refractivity contribution in [2.75, 3.05) is 47.2 Å². The molecule has 0 saturated carbocycles. The zero-order chi connectivity index (χ0) is 26.9. The second-order valence-electron chi connectivity index (χ2n) is 9.90. The summed E-state index contributed by atoms with van der Waals surface area (Å²) in [5.74, 6) is 1.70. The normalized spacial score (nSPS) is 14.4. The first-order valence-corrected chi connectivity index (χ1v) is 13.3. The number of hydrogen-bond acceptors (Lipinski definition) is 7. The number of ether oxygens (including phenoxy) is 4. The maximum absolute atomic E-state index is 12.3. The molecule has 0 unspecified atom stereocenters. The van der Waals surface area contributed by atoms with E-state index >= 15 is 0 Å². The number of aliphatic hydroxyl groups excluding tert-OH is 1. The molecule has 0 aromatic heterocycles. The molecule has 1 aromatic rings. The van der Waals surface area contributed by atoms with E-state index in [2.05, 4.69) is 26.1 Å². The zero-order valence-electron chi connectivity index (χ0n) is 23.7. The van der Waals surface area contributed by atoms with Crippen LogP contribution in [0.25, 0.3) is 0 Å². The lowest BCUT2D eigenvalue weighted by atomic mass is 9.82. The average molecular weight is 547 g/mol. The molecule has 0 saturated heterocycles. The minimum Gasteiger partial charge on any atom is -0.493 e. The van der Waals surface area contributed by atoms with Crippen molar-refractivity contribution in [1.29, 1.82) is 0 Å². The van der Waals surface area contributed by atoms with Crippen LogP contribution in [-0.4, -0.2) is 70.4 Å². The van der Waals surface area contributed by atoms with Crippen LogP contribution in [0.3, 0.4) is 0 Å². The van der Waals surface area contributed by atoms with Crippen molar-refractivity contribution in [3.05, 3.63) is 23.8 Å². The number of unbranched alkanes of at least 4 members (excludes halogenated alkanes) is 1. The molecule has 1 rings (SSSR count). The summed E-state index contributed by atoms with van der Waals surface area (Å²) in [6.07, 6.45) is 3.08. The molecular weight excluding hydrogens is 496 g/mol. The van der Waals surface area contributed by atoms with E-state index in [-0.39, 0.29) is 30.2 Å². The molecular formula is C28H51ClN2O6. The Morgan fingerprint density at radius 2 is 1.76 bits per heavy atom. The molecule has 0 heterocycles. The van der Waals surface area contributed by atoms with Gasteiger partial charge in [-0.2, -0.15) is 0 Å². The summed E-state index contributed by atoms with van der Waals surface area (Å²) in [5.41, 5.74) is 7.54. The van der Waals surface area contributed by atoms with Gasteiger partial charge in [0.1, 0.15) is 6.61 Å². The Morgan fingerprint density at radius 1 is 1.05 bits per heavy atom. The molecule has 0 aliphatic rings. The van der Waals surface area contributed by atoms with Crippen molar-refractivity contribution in [1.82, 2.24) is 5.32 Å². The average Bonchev–Trinajstić information content (AvgIpc) is 2.85. The van der Waals surface area contributed by atoms with Gasteiger partial charge >= 0.3 is 0 Å². The Labute approximate surface area is 230 Å². The third-order valence-corrected chi connectivity index (χ3v) is 6.53. The third kappa shape index (κ3) is 14.2. The molecule has 4 atom stereocenters. The van der Waals surface area contributed by atoms with Crippen LogP contribution < -0.4 is 20.5 Å². The smallest absolute Gasteiger partial charge is 0.222 e. The van der Waals surface area contributed by atoms with Crippen LogP contribution in [0.15, 0.2) is 18.2 Å². The van der Waals surface area contributed by atoms with E-state index in [1.165, 1.54) is 0 Å². The minimum atomic E-state index is -0.731. The molecule has 0 aliphatic carbocycles. The van der Waals surface area contributed by atoms with Gasteiger partial charge in [0.05, 0.1) is 33.0 Å².